The number of hydrogen-bond donors (Lipinski definition) is 0. The van der Waals surface area contributed by atoms with E-state index >= 15 is 0 Å². The topological polar surface area (TPSA) is 33.2 Å². The van der Waals surface area contributed by atoms with Crippen molar-refractivity contribution in [2.45, 2.75) is 37.4 Å². The third-order valence-electron chi connectivity index (χ3n) is 2.54. The Bertz CT molecular complexity index is 410. The van der Waals surface area contributed by atoms with E-state index in [2.05, 4.69) is 41.7 Å². The first-order valence-corrected chi connectivity index (χ1v) is 7.02. The zero-order chi connectivity index (χ0) is 11.9. The molecule has 0 aromatic carbocycles. The van der Waals surface area contributed by atoms with Crippen LogP contribution in [0, 0.1) is 0 Å². The molecule has 1 amide bonds. The van der Waals surface area contributed by atoms with Gasteiger partial charge >= 0.3 is 0 Å². The minimum atomic E-state index is 0.104. The number of alkyl halides is 1. The molecule has 1 saturated heterocycles. The molecule has 0 radical (unpaired) electrons. The number of aromatic nitrogens is 1. The average molecular weight is 303 g/mol. The number of amides is 1. The van der Waals surface area contributed by atoms with Gasteiger partial charge in [-0.1, -0.05) is 36.7 Å². The normalized spacial score (nSPS) is 21.9. The van der Waals surface area contributed by atoms with Crippen molar-refractivity contribution in [3.05, 3.63) is 11.1 Å². The summed E-state index contributed by atoms with van der Waals surface area (Å²) in [6.07, 6.45) is 2.46. The van der Waals surface area contributed by atoms with Crippen molar-refractivity contribution in [3.63, 3.8) is 0 Å². The quantitative estimate of drug-likeness (QED) is 0.747. The number of nitrogens with zero attached hydrogens (tertiary/aromatic N) is 2. The number of thiazole rings is 1. The van der Waals surface area contributed by atoms with Crippen molar-refractivity contribution < 1.29 is 4.79 Å². The van der Waals surface area contributed by atoms with E-state index in [9.17, 15) is 4.79 Å². The molecule has 2 rings (SSSR count). The first kappa shape index (κ1) is 12.0. The molecule has 0 saturated carbocycles. The number of halogens is 1. The molecular formula is C11H15BrN2OS. The molecule has 2 heterocycles. The summed E-state index contributed by atoms with van der Waals surface area (Å²) in [5.41, 5.74) is 0.104. The van der Waals surface area contributed by atoms with E-state index in [1.807, 2.05) is 6.20 Å². The van der Waals surface area contributed by atoms with Crippen LogP contribution in [0.25, 0.3) is 0 Å². The van der Waals surface area contributed by atoms with Gasteiger partial charge in [-0.15, -0.1) is 11.3 Å². The summed E-state index contributed by atoms with van der Waals surface area (Å²) in [5.74, 6) is 0.164. The maximum atomic E-state index is 11.7. The standard InChI is InChI=1S/C11H15BrN2OS/c1-11(2,3)8-5-13-10(16-8)14-6-7(12)4-9(14)15/h5,7H,4,6H2,1-3H3. The maximum Gasteiger partial charge on any atom is 0.230 e. The van der Waals surface area contributed by atoms with E-state index in [-0.39, 0.29) is 16.1 Å². The molecule has 1 aromatic heterocycles. The van der Waals surface area contributed by atoms with Gasteiger partial charge in [-0.3, -0.25) is 9.69 Å². The predicted octanol–water partition coefficient (Wildman–Crippen LogP) is 2.94. The molecule has 1 unspecified atom stereocenters. The van der Waals surface area contributed by atoms with Gasteiger partial charge in [-0.2, -0.15) is 0 Å². The van der Waals surface area contributed by atoms with Crippen molar-refractivity contribution in [1.82, 2.24) is 4.98 Å². The van der Waals surface area contributed by atoms with Gasteiger partial charge in [-0.05, 0) is 5.41 Å². The first-order chi connectivity index (χ1) is 7.38. The molecule has 1 aliphatic heterocycles. The van der Waals surface area contributed by atoms with Crippen molar-refractivity contribution in [2.75, 3.05) is 11.4 Å². The minimum absolute atomic E-state index is 0.104. The molecule has 5 heteroatoms. The van der Waals surface area contributed by atoms with Crippen LogP contribution < -0.4 is 4.90 Å². The number of carbonyl (C=O) groups excluding carboxylic acids is 1. The van der Waals surface area contributed by atoms with Crippen LogP contribution in [0.2, 0.25) is 0 Å². The lowest BCUT2D eigenvalue weighted by atomic mass is 9.96. The van der Waals surface area contributed by atoms with E-state index in [0.717, 1.165) is 11.7 Å². The highest BCUT2D eigenvalue weighted by Crippen LogP contribution is 2.34. The molecule has 1 fully saturated rings. The lowest BCUT2D eigenvalue weighted by molar-refractivity contribution is -0.117. The Morgan fingerprint density at radius 1 is 1.56 bits per heavy atom. The van der Waals surface area contributed by atoms with Gasteiger partial charge in [0.05, 0.1) is 0 Å². The number of carbonyl (C=O) groups is 1. The zero-order valence-electron chi connectivity index (χ0n) is 9.66. The number of rotatable bonds is 1. The third-order valence-corrected chi connectivity index (χ3v) is 4.60. The molecule has 1 aromatic rings. The first-order valence-electron chi connectivity index (χ1n) is 5.28. The highest BCUT2D eigenvalue weighted by Gasteiger charge is 2.31. The fraction of sp³-hybridized carbons (Fsp3) is 0.636. The van der Waals surface area contributed by atoms with Crippen LogP contribution >= 0.6 is 27.3 Å². The fourth-order valence-electron chi connectivity index (χ4n) is 1.59. The molecule has 3 nitrogen and oxygen atoms in total. The maximum absolute atomic E-state index is 11.7. The molecule has 0 aliphatic carbocycles. The molecule has 0 spiro atoms. The Morgan fingerprint density at radius 3 is 2.69 bits per heavy atom. The van der Waals surface area contributed by atoms with Crippen LogP contribution in [0.1, 0.15) is 32.1 Å². The second-order valence-electron chi connectivity index (χ2n) is 5.06. The Labute approximate surface area is 108 Å². The van der Waals surface area contributed by atoms with Crippen molar-refractivity contribution in [1.29, 1.82) is 0 Å². The van der Waals surface area contributed by atoms with Crippen LogP contribution in [0.4, 0.5) is 5.13 Å². The van der Waals surface area contributed by atoms with Crippen LogP contribution in [0.15, 0.2) is 6.20 Å². The van der Waals surface area contributed by atoms with Crippen molar-refractivity contribution in [3.8, 4) is 0 Å². The molecular weight excluding hydrogens is 288 g/mol. The SMILES string of the molecule is CC(C)(C)c1cnc(N2CC(Br)CC2=O)s1. The second kappa shape index (κ2) is 4.11. The summed E-state index contributed by atoms with van der Waals surface area (Å²) in [6.45, 7) is 7.20. The molecule has 1 aliphatic rings. The summed E-state index contributed by atoms with van der Waals surface area (Å²) in [5, 5.41) is 0.830. The Morgan fingerprint density at radius 2 is 2.25 bits per heavy atom. The molecule has 88 valence electrons. The number of anilines is 1. The summed E-state index contributed by atoms with van der Waals surface area (Å²) < 4.78 is 0. The summed E-state index contributed by atoms with van der Waals surface area (Å²) in [6, 6.07) is 0. The van der Waals surface area contributed by atoms with Gasteiger partial charge in [-0.25, -0.2) is 4.98 Å². The summed E-state index contributed by atoms with van der Waals surface area (Å²) in [4.78, 5) is 19.3. The van der Waals surface area contributed by atoms with Crippen LogP contribution in [-0.2, 0) is 10.2 Å². The van der Waals surface area contributed by atoms with Crippen molar-refractivity contribution in [2.24, 2.45) is 0 Å². The lowest BCUT2D eigenvalue weighted by Crippen LogP contribution is -2.24. The third kappa shape index (κ3) is 2.30. The summed E-state index contributed by atoms with van der Waals surface area (Å²) >= 11 is 5.09. The van der Waals surface area contributed by atoms with E-state index < -0.39 is 0 Å². The Balaban J connectivity index is 2.23. The van der Waals surface area contributed by atoms with E-state index in [0.29, 0.717) is 6.42 Å². The highest BCUT2D eigenvalue weighted by atomic mass is 79.9. The van der Waals surface area contributed by atoms with Crippen LogP contribution in [-0.4, -0.2) is 22.3 Å². The second-order valence-corrected chi connectivity index (χ2v) is 7.37. The number of hydrogen-bond acceptors (Lipinski definition) is 3. The Hall–Kier alpha value is -0.420. The average Bonchev–Trinajstić information content (AvgIpc) is 2.70. The summed E-state index contributed by atoms with van der Waals surface area (Å²) in [7, 11) is 0. The van der Waals surface area contributed by atoms with Crippen LogP contribution in [0.3, 0.4) is 0 Å². The monoisotopic (exact) mass is 302 g/mol. The van der Waals surface area contributed by atoms with E-state index in [1.54, 1.807) is 16.2 Å². The minimum Gasteiger partial charge on any atom is -0.287 e. The predicted molar refractivity (Wildman–Crippen MR) is 70.5 cm³/mol. The molecule has 0 bridgehead atoms. The van der Waals surface area contributed by atoms with Gasteiger partial charge in [0.25, 0.3) is 0 Å². The smallest absolute Gasteiger partial charge is 0.230 e. The lowest BCUT2D eigenvalue weighted by Gasteiger charge is -2.15. The van der Waals surface area contributed by atoms with Crippen LogP contribution in [0.5, 0.6) is 0 Å². The van der Waals surface area contributed by atoms with E-state index in [4.69, 9.17) is 0 Å². The van der Waals surface area contributed by atoms with E-state index in [1.165, 1.54) is 4.88 Å². The van der Waals surface area contributed by atoms with Gasteiger partial charge in [0.15, 0.2) is 5.13 Å². The molecule has 16 heavy (non-hydrogen) atoms. The van der Waals surface area contributed by atoms with Gasteiger partial charge < -0.3 is 0 Å². The molecule has 0 N–H and O–H groups in total. The van der Waals surface area contributed by atoms with Gasteiger partial charge in [0, 0.05) is 28.9 Å². The largest absolute Gasteiger partial charge is 0.287 e. The zero-order valence-corrected chi connectivity index (χ0v) is 12.1. The Kier molecular flexibility index (Phi) is 3.09. The highest BCUT2D eigenvalue weighted by molar-refractivity contribution is 9.09. The molecule has 1 atom stereocenters. The van der Waals surface area contributed by atoms with Gasteiger partial charge in [0.1, 0.15) is 0 Å². The fourth-order valence-corrected chi connectivity index (χ4v) is 3.15. The van der Waals surface area contributed by atoms with Crippen molar-refractivity contribution >= 4 is 38.3 Å². The van der Waals surface area contributed by atoms with Gasteiger partial charge in [0.2, 0.25) is 5.91 Å².